The molecule has 0 unspecified atom stereocenters. The van der Waals surface area contributed by atoms with Gasteiger partial charge in [-0.15, -0.1) is 0 Å². The van der Waals surface area contributed by atoms with E-state index in [1.807, 2.05) is 30.5 Å². The Morgan fingerprint density at radius 3 is 2.52 bits per heavy atom. The van der Waals surface area contributed by atoms with Gasteiger partial charge in [-0.2, -0.15) is 0 Å². The van der Waals surface area contributed by atoms with Crippen molar-refractivity contribution in [2.45, 2.75) is 12.8 Å². The largest absolute Gasteiger partial charge is 0.497 e. The van der Waals surface area contributed by atoms with Crippen LogP contribution in [0.25, 0.3) is 0 Å². The van der Waals surface area contributed by atoms with Crippen LogP contribution in [0.4, 0.5) is 11.4 Å². The Morgan fingerprint density at radius 1 is 1.05 bits per heavy atom. The fourth-order valence-electron chi connectivity index (χ4n) is 2.59. The minimum Gasteiger partial charge on any atom is -0.497 e. The SMILES string of the molecule is COc1cccc(N=Cc2ccc(N3CCCC3)cc2)c1. The summed E-state index contributed by atoms with van der Waals surface area (Å²) in [5.41, 5.74) is 3.32. The number of rotatable bonds is 4. The van der Waals surface area contributed by atoms with Gasteiger partial charge in [-0.05, 0) is 42.7 Å². The van der Waals surface area contributed by atoms with Crippen molar-refractivity contribution in [3.05, 3.63) is 54.1 Å². The van der Waals surface area contributed by atoms with Crippen molar-refractivity contribution < 1.29 is 4.74 Å². The van der Waals surface area contributed by atoms with E-state index >= 15 is 0 Å². The van der Waals surface area contributed by atoms with E-state index < -0.39 is 0 Å². The lowest BCUT2D eigenvalue weighted by atomic mass is 10.2. The van der Waals surface area contributed by atoms with Gasteiger partial charge in [0.15, 0.2) is 0 Å². The van der Waals surface area contributed by atoms with Crippen molar-refractivity contribution >= 4 is 17.6 Å². The van der Waals surface area contributed by atoms with E-state index in [1.54, 1.807) is 7.11 Å². The third kappa shape index (κ3) is 3.43. The van der Waals surface area contributed by atoms with Crippen molar-refractivity contribution in [2.75, 3.05) is 25.1 Å². The lowest BCUT2D eigenvalue weighted by molar-refractivity contribution is 0.415. The molecular formula is C18H20N2O. The minimum atomic E-state index is 0.828. The molecule has 3 heteroatoms. The molecule has 3 rings (SSSR count). The molecule has 0 radical (unpaired) electrons. The van der Waals surface area contributed by atoms with Crippen LogP contribution in [0.1, 0.15) is 18.4 Å². The Morgan fingerprint density at radius 2 is 1.81 bits per heavy atom. The number of benzene rings is 2. The van der Waals surface area contributed by atoms with Crippen LogP contribution in [-0.2, 0) is 0 Å². The predicted octanol–water partition coefficient (Wildman–Crippen LogP) is 4.05. The Hall–Kier alpha value is -2.29. The maximum Gasteiger partial charge on any atom is 0.121 e. The Bertz CT molecular complexity index is 613. The van der Waals surface area contributed by atoms with Crippen LogP contribution >= 0.6 is 0 Å². The van der Waals surface area contributed by atoms with Crippen molar-refractivity contribution in [1.82, 2.24) is 0 Å². The van der Waals surface area contributed by atoms with E-state index in [1.165, 1.54) is 31.6 Å². The molecule has 108 valence electrons. The van der Waals surface area contributed by atoms with Crippen LogP contribution in [0, 0.1) is 0 Å². The summed E-state index contributed by atoms with van der Waals surface area (Å²) in [6.07, 6.45) is 4.50. The molecule has 21 heavy (non-hydrogen) atoms. The monoisotopic (exact) mass is 280 g/mol. The molecule has 2 aromatic carbocycles. The molecule has 0 saturated carbocycles. The summed E-state index contributed by atoms with van der Waals surface area (Å²) in [7, 11) is 1.67. The van der Waals surface area contributed by atoms with Crippen LogP contribution in [0.15, 0.2) is 53.5 Å². The van der Waals surface area contributed by atoms with E-state index in [2.05, 4.69) is 34.2 Å². The second-order valence-electron chi connectivity index (χ2n) is 5.25. The lowest BCUT2D eigenvalue weighted by Crippen LogP contribution is -2.17. The summed E-state index contributed by atoms with van der Waals surface area (Å²) in [5, 5.41) is 0. The Kier molecular flexibility index (Phi) is 4.20. The molecule has 0 bridgehead atoms. The van der Waals surface area contributed by atoms with Gasteiger partial charge >= 0.3 is 0 Å². The average molecular weight is 280 g/mol. The fourth-order valence-corrected chi connectivity index (χ4v) is 2.59. The van der Waals surface area contributed by atoms with E-state index in [0.717, 1.165) is 17.0 Å². The summed E-state index contributed by atoms with van der Waals surface area (Å²) in [4.78, 5) is 6.93. The molecular weight excluding hydrogens is 260 g/mol. The van der Waals surface area contributed by atoms with Crippen LogP contribution in [0.3, 0.4) is 0 Å². The maximum atomic E-state index is 5.20. The van der Waals surface area contributed by atoms with Gasteiger partial charge in [0.05, 0.1) is 12.8 Å². The Balaban J connectivity index is 1.70. The molecule has 2 aromatic rings. The Labute approximate surface area is 125 Å². The second kappa shape index (κ2) is 6.44. The molecule has 1 fully saturated rings. The van der Waals surface area contributed by atoms with Gasteiger partial charge in [-0.1, -0.05) is 18.2 Å². The number of hydrogen-bond acceptors (Lipinski definition) is 3. The molecule has 1 heterocycles. The maximum absolute atomic E-state index is 5.20. The number of methoxy groups -OCH3 is 1. The number of ether oxygens (including phenoxy) is 1. The molecule has 1 aliphatic rings. The summed E-state index contributed by atoms with van der Waals surface area (Å²) in [6, 6.07) is 16.4. The summed E-state index contributed by atoms with van der Waals surface area (Å²) >= 11 is 0. The van der Waals surface area contributed by atoms with Crippen LogP contribution < -0.4 is 9.64 Å². The van der Waals surface area contributed by atoms with Gasteiger partial charge in [0, 0.05) is 31.1 Å². The molecule has 0 aromatic heterocycles. The van der Waals surface area contributed by atoms with Gasteiger partial charge < -0.3 is 9.64 Å². The van der Waals surface area contributed by atoms with Gasteiger partial charge in [-0.25, -0.2) is 0 Å². The zero-order valence-corrected chi connectivity index (χ0v) is 12.3. The van der Waals surface area contributed by atoms with E-state index in [-0.39, 0.29) is 0 Å². The van der Waals surface area contributed by atoms with Crippen LogP contribution in [-0.4, -0.2) is 26.4 Å². The molecule has 0 N–H and O–H groups in total. The highest BCUT2D eigenvalue weighted by atomic mass is 16.5. The summed E-state index contributed by atoms with van der Waals surface area (Å²) < 4.78 is 5.20. The van der Waals surface area contributed by atoms with Crippen molar-refractivity contribution in [3.8, 4) is 5.75 Å². The molecule has 1 aliphatic heterocycles. The first kappa shape index (κ1) is 13.7. The zero-order valence-electron chi connectivity index (χ0n) is 12.3. The quantitative estimate of drug-likeness (QED) is 0.789. The van der Waals surface area contributed by atoms with Gasteiger partial charge in [0.25, 0.3) is 0 Å². The molecule has 0 aliphatic carbocycles. The zero-order chi connectivity index (χ0) is 14.5. The van der Waals surface area contributed by atoms with Crippen LogP contribution in [0.2, 0.25) is 0 Å². The summed E-state index contributed by atoms with van der Waals surface area (Å²) in [6.45, 7) is 2.36. The number of aliphatic imine (C=N–C) groups is 1. The first-order valence-corrected chi connectivity index (χ1v) is 7.38. The van der Waals surface area contributed by atoms with Gasteiger partial charge in [0.1, 0.15) is 5.75 Å². The van der Waals surface area contributed by atoms with Gasteiger partial charge in [-0.3, -0.25) is 4.99 Å². The number of anilines is 1. The standard InChI is InChI=1S/C18H20N2O/c1-21-18-6-4-5-16(13-18)19-14-15-7-9-17(10-8-15)20-11-2-3-12-20/h4-10,13-14H,2-3,11-12H2,1H3. The van der Waals surface area contributed by atoms with E-state index in [4.69, 9.17) is 4.74 Å². The first-order valence-electron chi connectivity index (χ1n) is 7.38. The van der Waals surface area contributed by atoms with E-state index in [9.17, 15) is 0 Å². The second-order valence-corrected chi connectivity index (χ2v) is 5.25. The third-order valence-electron chi connectivity index (χ3n) is 3.78. The average Bonchev–Trinajstić information content (AvgIpc) is 3.08. The normalized spacial score (nSPS) is 14.8. The molecule has 0 spiro atoms. The van der Waals surface area contributed by atoms with Crippen LogP contribution in [0.5, 0.6) is 5.75 Å². The minimum absolute atomic E-state index is 0.828. The smallest absolute Gasteiger partial charge is 0.121 e. The fraction of sp³-hybridized carbons (Fsp3) is 0.278. The highest BCUT2D eigenvalue weighted by Gasteiger charge is 2.11. The first-order chi connectivity index (χ1) is 10.3. The van der Waals surface area contributed by atoms with Crippen molar-refractivity contribution in [1.29, 1.82) is 0 Å². The highest BCUT2D eigenvalue weighted by Crippen LogP contribution is 2.21. The van der Waals surface area contributed by atoms with Crippen molar-refractivity contribution in [2.24, 2.45) is 4.99 Å². The van der Waals surface area contributed by atoms with Crippen molar-refractivity contribution in [3.63, 3.8) is 0 Å². The molecule has 1 saturated heterocycles. The lowest BCUT2D eigenvalue weighted by Gasteiger charge is -2.17. The van der Waals surface area contributed by atoms with E-state index in [0.29, 0.717) is 0 Å². The van der Waals surface area contributed by atoms with Gasteiger partial charge in [0.2, 0.25) is 0 Å². The highest BCUT2D eigenvalue weighted by molar-refractivity contribution is 5.82. The topological polar surface area (TPSA) is 24.8 Å². The number of nitrogens with zero attached hydrogens (tertiary/aromatic N) is 2. The molecule has 3 nitrogen and oxygen atoms in total. The molecule has 0 amide bonds. The molecule has 0 atom stereocenters. The third-order valence-corrected chi connectivity index (χ3v) is 3.78. The number of hydrogen-bond donors (Lipinski definition) is 0. The predicted molar refractivity (Wildman–Crippen MR) is 88.1 cm³/mol. The summed E-state index contributed by atoms with van der Waals surface area (Å²) in [5.74, 6) is 0.828.